The van der Waals surface area contributed by atoms with Crippen molar-refractivity contribution in [3.8, 4) is 23.1 Å². The van der Waals surface area contributed by atoms with E-state index in [9.17, 15) is 8.78 Å². The molecule has 0 aliphatic rings. The van der Waals surface area contributed by atoms with E-state index in [1.165, 1.54) is 16.8 Å². The maximum absolute atomic E-state index is 12.7. The molecule has 0 aliphatic heterocycles. The molecule has 0 amide bonds. The van der Waals surface area contributed by atoms with Gasteiger partial charge in [0, 0.05) is 30.2 Å². The van der Waals surface area contributed by atoms with Gasteiger partial charge in [-0.2, -0.15) is 4.68 Å². The molecule has 0 aromatic carbocycles. The molecular formula is C18H14F2N8O. The van der Waals surface area contributed by atoms with Crippen molar-refractivity contribution in [3.05, 3.63) is 66.0 Å². The average molecular weight is 396 g/mol. The summed E-state index contributed by atoms with van der Waals surface area (Å²) in [7, 11) is 0. The normalized spacial score (nSPS) is 11.0. The Kier molecular flexibility index (Phi) is 5.10. The molecule has 4 aromatic heterocycles. The van der Waals surface area contributed by atoms with E-state index in [0.29, 0.717) is 34.5 Å². The van der Waals surface area contributed by atoms with Crippen LogP contribution in [0.2, 0.25) is 0 Å². The molecule has 0 spiro atoms. The third-order valence-electron chi connectivity index (χ3n) is 4.02. The summed E-state index contributed by atoms with van der Waals surface area (Å²) in [6, 6.07) is 6.13. The average Bonchev–Trinajstić information content (AvgIpc) is 3.13. The van der Waals surface area contributed by atoms with Gasteiger partial charge in [-0.15, -0.1) is 15.3 Å². The Hall–Kier alpha value is -3.89. The standard InChI is InChI=1S/C18H14F2N8O/c1-11-15(28(27-24-11)16-4-2-12(8-23-16)18(19)20)10-29-17-5-3-13(25-26-17)14-9-21-6-7-22-14/h2-9,18H,10H2,1H3. The first-order valence-electron chi connectivity index (χ1n) is 8.50. The van der Waals surface area contributed by atoms with Gasteiger partial charge >= 0.3 is 0 Å². The summed E-state index contributed by atoms with van der Waals surface area (Å²) in [5.74, 6) is 0.656. The molecule has 146 valence electrons. The summed E-state index contributed by atoms with van der Waals surface area (Å²) in [5, 5.41) is 16.1. The van der Waals surface area contributed by atoms with Crippen LogP contribution in [0.5, 0.6) is 5.88 Å². The molecule has 0 N–H and O–H groups in total. The summed E-state index contributed by atoms with van der Waals surface area (Å²) in [4.78, 5) is 12.2. The largest absolute Gasteiger partial charge is 0.470 e. The Bertz CT molecular complexity index is 1090. The first kappa shape index (κ1) is 18.5. The van der Waals surface area contributed by atoms with Gasteiger partial charge in [0.1, 0.15) is 23.7 Å². The van der Waals surface area contributed by atoms with Crippen LogP contribution in [0, 0.1) is 6.92 Å². The van der Waals surface area contributed by atoms with Crippen molar-refractivity contribution in [2.45, 2.75) is 20.0 Å². The van der Waals surface area contributed by atoms with Crippen LogP contribution in [0.15, 0.2) is 49.1 Å². The van der Waals surface area contributed by atoms with Gasteiger partial charge in [-0.05, 0) is 25.1 Å². The highest BCUT2D eigenvalue weighted by atomic mass is 19.3. The predicted octanol–water partition coefficient (Wildman–Crippen LogP) is 2.73. The Morgan fingerprint density at radius 3 is 2.52 bits per heavy atom. The highest BCUT2D eigenvalue weighted by molar-refractivity contribution is 5.51. The molecule has 0 saturated heterocycles. The number of hydrogen-bond donors (Lipinski definition) is 0. The lowest BCUT2D eigenvalue weighted by Crippen LogP contribution is -2.09. The summed E-state index contributed by atoms with van der Waals surface area (Å²) in [6.07, 6.45) is 3.26. The van der Waals surface area contributed by atoms with E-state index in [4.69, 9.17) is 4.74 Å². The van der Waals surface area contributed by atoms with Crippen molar-refractivity contribution in [1.29, 1.82) is 0 Å². The van der Waals surface area contributed by atoms with Crippen LogP contribution in [0.25, 0.3) is 17.2 Å². The SMILES string of the molecule is Cc1nnn(-c2ccc(C(F)F)cn2)c1COc1ccc(-c2cnccn2)nn1. The molecule has 0 aliphatic carbocycles. The second-order valence-electron chi connectivity index (χ2n) is 5.92. The van der Waals surface area contributed by atoms with Gasteiger partial charge in [0.2, 0.25) is 5.88 Å². The Balaban J connectivity index is 1.50. The van der Waals surface area contributed by atoms with Gasteiger partial charge in [0.05, 0.1) is 11.9 Å². The van der Waals surface area contributed by atoms with Crippen molar-refractivity contribution in [2.75, 3.05) is 0 Å². The fourth-order valence-corrected chi connectivity index (χ4v) is 2.49. The van der Waals surface area contributed by atoms with Gasteiger partial charge in [-0.3, -0.25) is 9.97 Å². The minimum atomic E-state index is -2.58. The molecule has 0 fully saturated rings. The summed E-state index contributed by atoms with van der Waals surface area (Å²) >= 11 is 0. The third-order valence-corrected chi connectivity index (χ3v) is 4.02. The molecule has 9 nitrogen and oxygen atoms in total. The van der Waals surface area contributed by atoms with Crippen LogP contribution >= 0.6 is 0 Å². The lowest BCUT2D eigenvalue weighted by Gasteiger charge is -2.08. The Morgan fingerprint density at radius 1 is 0.966 bits per heavy atom. The van der Waals surface area contributed by atoms with Crippen LogP contribution in [-0.4, -0.2) is 40.1 Å². The monoisotopic (exact) mass is 396 g/mol. The van der Waals surface area contributed by atoms with E-state index in [2.05, 4.69) is 35.5 Å². The molecule has 0 bridgehead atoms. The fraction of sp³-hybridized carbons (Fsp3) is 0.167. The van der Waals surface area contributed by atoms with Gasteiger partial charge in [0.15, 0.2) is 5.82 Å². The number of aromatic nitrogens is 8. The smallest absolute Gasteiger partial charge is 0.265 e. The number of rotatable bonds is 6. The maximum Gasteiger partial charge on any atom is 0.265 e. The second kappa shape index (κ2) is 8.00. The van der Waals surface area contributed by atoms with Crippen molar-refractivity contribution < 1.29 is 13.5 Å². The molecule has 11 heteroatoms. The number of aryl methyl sites for hydroxylation is 1. The number of alkyl halides is 2. The fourth-order valence-electron chi connectivity index (χ4n) is 2.49. The van der Waals surface area contributed by atoms with Crippen LogP contribution in [0.4, 0.5) is 8.78 Å². The van der Waals surface area contributed by atoms with E-state index in [1.54, 1.807) is 37.6 Å². The quantitative estimate of drug-likeness (QED) is 0.490. The highest BCUT2D eigenvalue weighted by Gasteiger charge is 2.15. The summed E-state index contributed by atoms with van der Waals surface area (Å²) in [6.45, 7) is 1.86. The molecule has 4 aromatic rings. The molecule has 0 atom stereocenters. The van der Waals surface area contributed by atoms with Crippen LogP contribution in [0.3, 0.4) is 0 Å². The van der Waals surface area contributed by atoms with Gasteiger partial charge < -0.3 is 4.74 Å². The predicted molar refractivity (Wildman–Crippen MR) is 96.2 cm³/mol. The maximum atomic E-state index is 12.7. The molecule has 0 radical (unpaired) electrons. The lowest BCUT2D eigenvalue weighted by atomic mass is 10.3. The molecular weight excluding hydrogens is 382 g/mol. The molecule has 0 unspecified atom stereocenters. The molecule has 4 rings (SSSR count). The molecule has 29 heavy (non-hydrogen) atoms. The zero-order valence-electron chi connectivity index (χ0n) is 15.1. The topological polar surface area (TPSA) is 104 Å². The van der Waals surface area contributed by atoms with E-state index < -0.39 is 6.43 Å². The van der Waals surface area contributed by atoms with Crippen molar-refractivity contribution in [1.82, 2.24) is 40.1 Å². The van der Waals surface area contributed by atoms with Crippen LogP contribution in [-0.2, 0) is 6.61 Å². The van der Waals surface area contributed by atoms with Crippen LogP contribution in [0.1, 0.15) is 23.4 Å². The molecule has 0 saturated carbocycles. The summed E-state index contributed by atoms with van der Waals surface area (Å²) < 4.78 is 32.6. The number of ether oxygens (including phenoxy) is 1. The van der Waals surface area contributed by atoms with E-state index >= 15 is 0 Å². The Labute approximate surface area is 163 Å². The van der Waals surface area contributed by atoms with E-state index in [-0.39, 0.29) is 12.2 Å². The zero-order chi connectivity index (χ0) is 20.2. The number of nitrogens with zero attached hydrogens (tertiary/aromatic N) is 8. The highest BCUT2D eigenvalue weighted by Crippen LogP contribution is 2.20. The number of hydrogen-bond acceptors (Lipinski definition) is 8. The van der Waals surface area contributed by atoms with Crippen molar-refractivity contribution >= 4 is 0 Å². The molecule has 4 heterocycles. The van der Waals surface area contributed by atoms with E-state index in [1.807, 2.05) is 0 Å². The van der Waals surface area contributed by atoms with Crippen LogP contribution < -0.4 is 4.74 Å². The minimum Gasteiger partial charge on any atom is -0.470 e. The number of halogens is 2. The minimum absolute atomic E-state index is 0.0935. The zero-order valence-corrected chi connectivity index (χ0v) is 15.1. The first-order valence-corrected chi connectivity index (χ1v) is 8.50. The Morgan fingerprint density at radius 2 is 1.86 bits per heavy atom. The first-order chi connectivity index (χ1) is 14.1. The number of pyridine rings is 1. The lowest BCUT2D eigenvalue weighted by molar-refractivity contribution is 0.151. The third kappa shape index (κ3) is 4.03. The summed E-state index contributed by atoms with van der Waals surface area (Å²) in [5.41, 5.74) is 2.23. The van der Waals surface area contributed by atoms with E-state index in [0.717, 1.165) is 6.20 Å². The second-order valence-corrected chi connectivity index (χ2v) is 5.92. The van der Waals surface area contributed by atoms with Crippen molar-refractivity contribution in [2.24, 2.45) is 0 Å². The van der Waals surface area contributed by atoms with Gasteiger partial charge in [0.25, 0.3) is 6.43 Å². The van der Waals surface area contributed by atoms with Gasteiger partial charge in [-0.1, -0.05) is 5.21 Å². The van der Waals surface area contributed by atoms with Crippen molar-refractivity contribution in [3.63, 3.8) is 0 Å². The van der Waals surface area contributed by atoms with Gasteiger partial charge in [-0.25, -0.2) is 13.8 Å².